The maximum atomic E-state index is 10.5. The van der Waals surface area contributed by atoms with Crippen molar-refractivity contribution in [3.63, 3.8) is 0 Å². The fourth-order valence-corrected chi connectivity index (χ4v) is 1.20. The van der Waals surface area contributed by atoms with Crippen LogP contribution in [0.15, 0.2) is 35.9 Å². The molecule has 0 aromatic heterocycles. The highest BCUT2D eigenvalue weighted by Crippen LogP contribution is 2.17. The number of ether oxygens (including phenoxy) is 2. The molecule has 0 heterocycles. The molecule has 1 aromatic rings. The average molecular weight is 250 g/mol. The molecule has 0 saturated carbocycles. The lowest BCUT2D eigenvalue weighted by molar-refractivity contribution is -0.132. The van der Waals surface area contributed by atoms with Crippen LogP contribution in [-0.2, 0) is 4.79 Å². The molecule has 0 amide bonds. The topological polar surface area (TPSA) is 55.8 Å². The summed E-state index contributed by atoms with van der Waals surface area (Å²) < 4.78 is 10.8. The van der Waals surface area contributed by atoms with Gasteiger partial charge in [0.1, 0.15) is 18.1 Å². The quantitative estimate of drug-likeness (QED) is 0.756. The van der Waals surface area contributed by atoms with E-state index < -0.39 is 5.97 Å². The van der Waals surface area contributed by atoms with Gasteiger partial charge in [0.15, 0.2) is 0 Å². The zero-order valence-corrected chi connectivity index (χ0v) is 10.7. The van der Waals surface area contributed by atoms with Crippen molar-refractivity contribution in [1.82, 2.24) is 0 Å². The van der Waals surface area contributed by atoms with E-state index in [1.165, 1.54) is 13.0 Å². The molecule has 1 rings (SSSR count). The van der Waals surface area contributed by atoms with E-state index in [4.69, 9.17) is 14.6 Å². The van der Waals surface area contributed by atoms with Crippen molar-refractivity contribution in [2.75, 3.05) is 13.2 Å². The van der Waals surface area contributed by atoms with Crippen LogP contribution >= 0.6 is 0 Å². The van der Waals surface area contributed by atoms with Crippen LogP contribution in [0.2, 0.25) is 0 Å². The van der Waals surface area contributed by atoms with Gasteiger partial charge in [0.05, 0.1) is 6.61 Å². The Hall–Kier alpha value is -1.97. The Morgan fingerprint density at radius 1 is 1.22 bits per heavy atom. The Labute approximate surface area is 107 Å². The number of benzene rings is 1. The molecule has 1 N–H and O–H groups in total. The maximum Gasteiger partial charge on any atom is 0.331 e. The summed E-state index contributed by atoms with van der Waals surface area (Å²) in [5.41, 5.74) is 0.276. The van der Waals surface area contributed by atoms with Crippen molar-refractivity contribution in [1.29, 1.82) is 0 Å². The monoisotopic (exact) mass is 250 g/mol. The molecule has 0 unspecified atom stereocenters. The van der Waals surface area contributed by atoms with Crippen LogP contribution in [0.3, 0.4) is 0 Å². The molecule has 0 aliphatic carbocycles. The van der Waals surface area contributed by atoms with Gasteiger partial charge in [0.2, 0.25) is 0 Å². The van der Waals surface area contributed by atoms with Gasteiger partial charge >= 0.3 is 5.97 Å². The molecule has 0 saturated heterocycles. The minimum atomic E-state index is -0.929. The smallest absolute Gasteiger partial charge is 0.331 e. The SMILES string of the molecule is CCCOc1ccc(OCC=C(C)C(=O)O)cc1. The molecule has 1 aromatic carbocycles. The average Bonchev–Trinajstić information content (AvgIpc) is 2.37. The zero-order chi connectivity index (χ0) is 13.4. The van der Waals surface area contributed by atoms with Crippen LogP contribution < -0.4 is 9.47 Å². The highest BCUT2D eigenvalue weighted by atomic mass is 16.5. The third-order valence-corrected chi connectivity index (χ3v) is 2.27. The van der Waals surface area contributed by atoms with Crippen molar-refractivity contribution in [2.45, 2.75) is 20.3 Å². The van der Waals surface area contributed by atoms with Crippen LogP contribution in [0.1, 0.15) is 20.3 Å². The van der Waals surface area contributed by atoms with Crippen LogP contribution in [0, 0.1) is 0 Å². The first-order valence-electron chi connectivity index (χ1n) is 5.89. The Morgan fingerprint density at radius 2 is 1.78 bits per heavy atom. The Bertz CT molecular complexity index is 406. The first-order chi connectivity index (χ1) is 8.63. The fraction of sp³-hybridized carbons (Fsp3) is 0.357. The van der Waals surface area contributed by atoms with Crippen LogP contribution in [0.4, 0.5) is 0 Å². The van der Waals surface area contributed by atoms with Crippen molar-refractivity contribution < 1.29 is 19.4 Å². The number of hydrogen-bond donors (Lipinski definition) is 1. The minimum absolute atomic E-state index is 0.243. The van der Waals surface area contributed by atoms with E-state index in [-0.39, 0.29) is 12.2 Å². The molecule has 0 bridgehead atoms. The molecule has 98 valence electrons. The van der Waals surface area contributed by atoms with E-state index in [0.29, 0.717) is 12.4 Å². The summed E-state index contributed by atoms with van der Waals surface area (Å²) in [5, 5.41) is 8.66. The van der Waals surface area contributed by atoms with Crippen molar-refractivity contribution in [2.24, 2.45) is 0 Å². The van der Waals surface area contributed by atoms with Gasteiger partial charge in [0, 0.05) is 5.57 Å². The summed E-state index contributed by atoms with van der Waals surface area (Å²) in [5.74, 6) is 0.566. The minimum Gasteiger partial charge on any atom is -0.494 e. The maximum absolute atomic E-state index is 10.5. The van der Waals surface area contributed by atoms with E-state index in [0.717, 1.165) is 12.2 Å². The fourth-order valence-electron chi connectivity index (χ4n) is 1.20. The summed E-state index contributed by atoms with van der Waals surface area (Å²) in [6.45, 7) is 4.52. The molecular formula is C14H18O4. The molecular weight excluding hydrogens is 232 g/mol. The van der Waals surface area contributed by atoms with Crippen molar-refractivity contribution >= 4 is 5.97 Å². The summed E-state index contributed by atoms with van der Waals surface area (Å²) in [6.07, 6.45) is 2.50. The summed E-state index contributed by atoms with van der Waals surface area (Å²) in [4.78, 5) is 10.5. The standard InChI is InChI=1S/C14H18O4/c1-3-9-17-12-4-6-13(7-5-12)18-10-8-11(2)14(15)16/h4-8H,3,9-10H2,1-2H3,(H,15,16). The Kier molecular flexibility index (Phi) is 5.77. The first kappa shape index (κ1) is 14.1. The third-order valence-electron chi connectivity index (χ3n) is 2.27. The number of carboxylic acids is 1. The highest BCUT2D eigenvalue weighted by Gasteiger charge is 1.99. The number of carbonyl (C=O) groups is 1. The lowest BCUT2D eigenvalue weighted by Crippen LogP contribution is -2.00. The van der Waals surface area contributed by atoms with Crippen molar-refractivity contribution in [3.8, 4) is 11.5 Å². The highest BCUT2D eigenvalue weighted by molar-refractivity contribution is 5.85. The molecule has 4 nitrogen and oxygen atoms in total. The summed E-state index contributed by atoms with van der Waals surface area (Å²) in [6, 6.07) is 7.27. The Morgan fingerprint density at radius 3 is 2.28 bits per heavy atom. The molecule has 18 heavy (non-hydrogen) atoms. The first-order valence-corrected chi connectivity index (χ1v) is 5.89. The van der Waals surface area contributed by atoms with Crippen LogP contribution in [-0.4, -0.2) is 24.3 Å². The normalized spacial score (nSPS) is 11.1. The number of hydrogen-bond acceptors (Lipinski definition) is 3. The van der Waals surface area contributed by atoms with E-state index >= 15 is 0 Å². The largest absolute Gasteiger partial charge is 0.494 e. The predicted molar refractivity (Wildman–Crippen MR) is 69.1 cm³/mol. The van der Waals surface area contributed by atoms with Crippen LogP contribution in [0.25, 0.3) is 0 Å². The second-order valence-corrected chi connectivity index (χ2v) is 3.82. The van der Waals surface area contributed by atoms with Crippen molar-refractivity contribution in [3.05, 3.63) is 35.9 Å². The summed E-state index contributed by atoms with van der Waals surface area (Å²) >= 11 is 0. The van der Waals surface area contributed by atoms with Gasteiger partial charge in [-0.1, -0.05) is 6.92 Å². The number of carboxylic acid groups (broad SMARTS) is 1. The second kappa shape index (κ2) is 7.37. The van der Waals surface area contributed by atoms with Gasteiger partial charge in [-0.25, -0.2) is 4.79 Å². The Balaban J connectivity index is 2.44. The zero-order valence-electron chi connectivity index (χ0n) is 10.7. The van der Waals surface area contributed by atoms with Gasteiger partial charge < -0.3 is 14.6 Å². The molecule has 0 radical (unpaired) electrons. The van der Waals surface area contributed by atoms with Gasteiger partial charge in [-0.15, -0.1) is 0 Å². The second-order valence-electron chi connectivity index (χ2n) is 3.82. The van der Waals surface area contributed by atoms with Gasteiger partial charge in [-0.2, -0.15) is 0 Å². The van der Waals surface area contributed by atoms with E-state index in [2.05, 4.69) is 6.92 Å². The lowest BCUT2D eigenvalue weighted by Gasteiger charge is -2.06. The number of rotatable bonds is 7. The molecule has 0 aliphatic rings. The predicted octanol–water partition coefficient (Wildman–Crippen LogP) is 2.89. The third kappa shape index (κ3) is 4.91. The van der Waals surface area contributed by atoms with E-state index in [9.17, 15) is 4.79 Å². The van der Waals surface area contributed by atoms with Gasteiger partial charge in [-0.3, -0.25) is 0 Å². The molecule has 0 aliphatic heterocycles. The molecule has 4 heteroatoms. The molecule has 0 fully saturated rings. The number of aliphatic carboxylic acids is 1. The summed E-state index contributed by atoms with van der Waals surface area (Å²) in [7, 11) is 0. The van der Waals surface area contributed by atoms with E-state index in [1.807, 2.05) is 12.1 Å². The van der Waals surface area contributed by atoms with Gasteiger partial charge in [-0.05, 0) is 43.7 Å². The molecule has 0 atom stereocenters. The lowest BCUT2D eigenvalue weighted by atomic mass is 10.3. The van der Waals surface area contributed by atoms with Gasteiger partial charge in [0.25, 0.3) is 0 Å². The molecule has 0 spiro atoms. The van der Waals surface area contributed by atoms with Crippen LogP contribution in [0.5, 0.6) is 11.5 Å². The van der Waals surface area contributed by atoms with E-state index in [1.54, 1.807) is 12.1 Å².